The second-order valence-electron chi connectivity index (χ2n) is 7.91. The first-order valence-electron chi connectivity index (χ1n) is 9.96. The number of rotatable bonds is 3. The first-order chi connectivity index (χ1) is 13.7. The number of likely N-dealkylation sites (tertiary alicyclic amines) is 1. The van der Waals surface area contributed by atoms with Crippen molar-refractivity contribution in [2.24, 2.45) is 5.92 Å². The molecule has 2 N–H and O–H groups in total. The highest BCUT2D eigenvalue weighted by molar-refractivity contribution is 6.36. The maximum Gasteiger partial charge on any atom is 0.260 e. The van der Waals surface area contributed by atoms with E-state index in [1.54, 1.807) is 0 Å². The average Bonchev–Trinajstić information content (AvgIpc) is 3.27. The van der Waals surface area contributed by atoms with Gasteiger partial charge in [0.15, 0.2) is 0 Å². The Balaban J connectivity index is 1.43. The molecule has 5 nitrogen and oxygen atoms in total. The van der Waals surface area contributed by atoms with Crippen LogP contribution >= 0.6 is 0 Å². The van der Waals surface area contributed by atoms with Crippen LogP contribution in [-0.4, -0.2) is 35.6 Å². The minimum atomic E-state index is -0.100. The first kappa shape index (κ1) is 17.5. The molecule has 3 aliphatic rings. The molecule has 3 heterocycles. The van der Waals surface area contributed by atoms with Crippen molar-refractivity contribution in [3.63, 3.8) is 0 Å². The fraction of sp³-hybridized carbons (Fsp3) is 0.348. The monoisotopic (exact) mass is 376 g/mol. The third-order valence-corrected chi connectivity index (χ3v) is 5.95. The van der Waals surface area contributed by atoms with Crippen LogP contribution in [0.2, 0.25) is 0 Å². The van der Waals surface area contributed by atoms with Crippen LogP contribution < -0.4 is 5.32 Å². The highest BCUT2D eigenvalue weighted by atomic mass is 16.5. The van der Waals surface area contributed by atoms with Gasteiger partial charge in [-0.15, -0.1) is 0 Å². The molecule has 0 bridgehead atoms. The Hall–Kier alpha value is -2.63. The molecular formula is C23H24N2O3. The van der Waals surface area contributed by atoms with E-state index in [9.17, 15) is 9.90 Å². The number of aliphatic hydroxyl groups is 1. The molecule has 28 heavy (non-hydrogen) atoms. The molecular weight excluding hydrogens is 352 g/mol. The Bertz CT molecular complexity index is 966. The topological polar surface area (TPSA) is 61.8 Å². The molecule has 2 aromatic rings. The molecule has 2 aromatic carbocycles. The van der Waals surface area contributed by atoms with Crippen LogP contribution in [0.25, 0.3) is 11.3 Å². The van der Waals surface area contributed by atoms with Gasteiger partial charge in [-0.05, 0) is 36.9 Å². The number of ether oxygens (including phenoxy) is 1. The van der Waals surface area contributed by atoms with E-state index in [2.05, 4.69) is 28.4 Å². The van der Waals surface area contributed by atoms with Gasteiger partial charge in [0.05, 0.1) is 5.57 Å². The summed E-state index contributed by atoms with van der Waals surface area (Å²) in [5.41, 5.74) is 5.77. The van der Waals surface area contributed by atoms with E-state index in [-0.39, 0.29) is 12.5 Å². The fourth-order valence-electron chi connectivity index (χ4n) is 4.57. The fourth-order valence-corrected chi connectivity index (χ4v) is 4.57. The van der Waals surface area contributed by atoms with Crippen LogP contribution in [-0.2, 0) is 22.7 Å². The quantitative estimate of drug-likeness (QED) is 0.808. The van der Waals surface area contributed by atoms with Gasteiger partial charge < -0.3 is 15.2 Å². The van der Waals surface area contributed by atoms with Crippen LogP contribution in [0.5, 0.6) is 0 Å². The molecule has 0 aliphatic carbocycles. The summed E-state index contributed by atoms with van der Waals surface area (Å²) in [6, 6.07) is 14.2. The van der Waals surface area contributed by atoms with Gasteiger partial charge in [-0.3, -0.25) is 9.69 Å². The molecule has 144 valence electrons. The van der Waals surface area contributed by atoms with E-state index < -0.39 is 0 Å². The van der Waals surface area contributed by atoms with E-state index in [1.165, 1.54) is 5.56 Å². The summed E-state index contributed by atoms with van der Waals surface area (Å²) in [6.07, 6.45) is 2.26. The second-order valence-corrected chi connectivity index (χ2v) is 7.91. The van der Waals surface area contributed by atoms with Crippen LogP contribution in [0.3, 0.4) is 0 Å². The highest BCUT2D eigenvalue weighted by Gasteiger charge is 2.32. The summed E-state index contributed by atoms with van der Waals surface area (Å²) in [6.45, 7) is 3.69. The van der Waals surface area contributed by atoms with Gasteiger partial charge >= 0.3 is 0 Å². The molecule has 0 spiro atoms. The molecule has 0 saturated carbocycles. The van der Waals surface area contributed by atoms with E-state index in [0.29, 0.717) is 23.9 Å². The number of hydrogen-bond acceptors (Lipinski definition) is 4. The lowest BCUT2D eigenvalue weighted by atomic mass is 9.97. The van der Waals surface area contributed by atoms with Gasteiger partial charge in [-0.25, -0.2) is 0 Å². The number of nitrogens with zero attached hydrogens (tertiary/aromatic N) is 1. The number of fused-ring (bicyclic) bond motifs is 2. The zero-order valence-electron chi connectivity index (χ0n) is 15.8. The summed E-state index contributed by atoms with van der Waals surface area (Å²) < 4.78 is 5.99. The van der Waals surface area contributed by atoms with Gasteiger partial charge in [-0.2, -0.15) is 0 Å². The molecule has 3 aliphatic heterocycles. The number of aliphatic hydroxyl groups excluding tert-OH is 1. The molecule has 1 saturated heterocycles. The molecule has 5 heteroatoms. The number of benzene rings is 2. The van der Waals surface area contributed by atoms with Crippen molar-refractivity contribution < 1.29 is 14.6 Å². The minimum Gasteiger partial charge on any atom is -0.487 e. The number of carbonyl (C=O) groups excluding carboxylic acids is 1. The summed E-state index contributed by atoms with van der Waals surface area (Å²) in [7, 11) is 0. The minimum absolute atomic E-state index is 0.100. The molecule has 0 radical (unpaired) electrons. The van der Waals surface area contributed by atoms with Gasteiger partial charge in [0.25, 0.3) is 5.91 Å². The van der Waals surface area contributed by atoms with Crippen LogP contribution in [0.1, 0.15) is 35.1 Å². The molecule has 1 fully saturated rings. The third-order valence-electron chi connectivity index (χ3n) is 5.95. The van der Waals surface area contributed by atoms with Crippen molar-refractivity contribution in [2.75, 3.05) is 25.0 Å². The maximum absolute atomic E-state index is 12.5. The predicted molar refractivity (Wildman–Crippen MR) is 108 cm³/mol. The van der Waals surface area contributed by atoms with Crippen LogP contribution in [0.15, 0.2) is 42.5 Å². The summed E-state index contributed by atoms with van der Waals surface area (Å²) in [4.78, 5) is 15.0. The molecule has 1 unspecified atom stereocenters. The largest absolute Gasteiger partial charge is 0.487 e. The van der Waals surface area contributed by atoms with Crippen molar-refractivity contribution in [3.05, 3.63) is 64.7 Å². The van der Waals surface area contributed by atoms with Gasteiger partial charge in [-0.1, -0.05) is 36.4 Å². The molecule has 1 amide bonds. The van der Waals surface area contributed by atoms with E-state index in [4.69, 9.17) is 4.74 Å². The molecule has 1 atom stereocenters. The maximum atomic E-state index is 12.5. The number of anilines is 1. The highest BCUT2D eigenvalue weighted by Crippen LogP contribution is 2.41. The van der Waals surface area contributed by atoms with Gasteiger partial charge in [0.2, 0.25) is 0 Å². The van der Waals surface area contributed by atoms with Crippen molar-refractivity contribution in [1.29, 1.82) is 0 Å². The Morgan fingerprint density at radius 2 is 2.07 bits per heavy atom. The van der Waals surface area contributed by atoms with E-state index in [1.807, 2.05) is 24.3 Å². The smallest absolute Gasteiger partial charge is 0.260 e. The van der Waals surface area contributed by atoms with E-state index in [0.717, 1.165) is 54.9 Å². The third kappa shape index (κ3) is 3.01. The number of amides is 1. The second kappa shape index (κ2) is 7.08. The molecule has 0 aromatic heterocycles. The summed E-state index contributed by atoms with van der Waals surface area (Å²) in [5.74, 6) is 0.975. The van der Waals surface area contributed by atoms with Gasteiger partial charge in [0.1, 0.15) is 12.4 Å². The lowest BCUT2D eigenvalue weighted by molar-refractivity contribution is -0.110. The van der Waals surface area contributed by atoms with Gasteiger partial charge in [0, 0.05) is 42.1 Å². The van der Waals surface area contributed by atoms with Crippen molar-refractivity contribution >= 4 is 22.9 Å². The Morgan fingerprint density at radius 1 is 1.18 bits per heavy atom. The zero-order valence-corrected chi connectivity index (χ0v) is 15.8. The number of para-hydroxylation sites is 1. The van der Waals surface area contributed by atoms with Crippen LogP contribution in [0, 0.1) is 5.92 Å². The van der Waals surface area contributed by atoms with E-state index >= 15 is 0 Å². The molecule has 5 rings (SSSR count). The standard InChI is InChI=1S/C23H24N2O3/c26-13-16-4-3-9-25(12-16)11-15-7-8-18-17(10-15)14-28-22(18)21-19-5-1-2-6-20(19)24-23(21)27/h1-2,5-8,10,16,26H,3-4,9,11-14H2,(H,24,27)/b22-21+. The Labute approximate surface area is 164 Å². The number of piperidine rings is 1. The van der Waals surface area contributed by atoms with Crippen LogP contribution in [0.4, 0.5) is 5.69 Å². The number of carbonyl (C=O) groups is 1. The summed E-state index contributed by atoms with van der Waals surface area (Å²) in [5, 5.41) is 12.4. The number of nitrogens with one attached hydrogen (secondary N) is 1. The number of hydrogen-bond donors (Lipinski definition) is 2. The lowest BCUT2D eigenvalue weighted by Gasteiger charge is -2.31. The normalized spacial score (nSPS) is 23.9. The summed E-state index contributed by atoms with van der Waals surface area (Å²) >= 11 is 0. The SMILES string of the molecule is O=C1Nc2ccccc2/C1=C1\OCc2cc(CN3CCCC(CO)C3)ccc21. The zero-order chi connectivity index (χ0) is 19.1. The lowest BCUT2D eigenvalue weighted by Crippen LogP contribution is -2.36. The Kier molecular flexibility index (Phi) is 4.41. The first-order valence-corrected chi connectivity index (χ1v) is 9.96. The van der Waals surface area contributed by atoms with Crippen molar-refractivity contribution in [1.82, 2.24) is 4.90 Å². The van der Waals surface area contributed by atoms with Crippen molar-refractivity contribution in [2.45, 2.75) is 26.0 Å². The average molecular weight is 376 g/mol. The van der Waals surface area contributed by atoms with Crippen molar-refractivity contribution in [3.8, 4) is 0 Å². The predicted octanol–water partition coefficient (Wildman–Crippen LogP) is 3.24. The Morgan fingerprint density at radius 3 is 2.96 bits per heavy atom.